The second kappa shape index (κ2) is 7.98. The third-order valence-corrected chi connectivity index (χ3v) is 5.03. The molecule has 0 unspecified atom stereocenters. The summed E-state index contributed by atoms with van der Waals surface area (Å²) in [5.74, 6) is -2.72. The first-order valence-corrected chi connectivity index (χ1v) is 9.57. The summed E-state index contributed by atoms with van der Waals surface area (Å²) >= 11 is 0. The lowest BCUT2D eigenvalue weighted by molar-refractivity contribution is 0.0748. The molecule has 0 radical (unpaired) electrons. The summed E-state index contributed by atoms with van der Waals surface area (Å²) in [5, 5.41) is 2.51. The maximum absolute atomic E-state index is 13.4. The molecular formula is C21H20F2N4O2. The minimum atomic E-state index is -1.06. The fourth-order valence-electron chi connectivity index (χ4n) is 3.54. The Hall–Kier alpha value is -3.29. The number of nitrogens with zero attached hydrogens (tertiary/aromatic N) is 3. The average molecular weight is 398 g/mol. The highest BCUT2D eigenvalue weighted by Crippen LogP contribution is 2.20. The molecule has 0 spiro atoms. The number of halogens is 2. The van der Waals surface area contributed by atoms with Gasteiger partial charge in [-0.25, -0.2) is 13.8 Å². The van der Waals surface area contributed by atoms with Crippen molar-refractivity contribution in [1.29, 1.82) is 0 Å². The molecule has 150 valence electrons. The minimum absolute atomic E-state index is 0.0495. The number of fused-ring (bicyclic) bond motifs is 1. The van der Waals surface area contributed by atoms with Gasteiger partial charge in [-0.1, -0.05) is 18.9 Å². The van der Waals surface area contributed by atoms with Crippen molar-refractivity contribution >= 4 is 23.0 Å². The van der Waals surface area contributed by atoms with Gasteiger partial charge < -0.3 is 10.2 Å². The molecule has 1 aliphatic rings. The van der Waals surface area contributed by atoms with Crippen molar-refractivity contribution in [2.24, 2.45) is 0 Å². The highest BCUT2D eigenvalue weighted by atomic mass is 19.2. The summed E-state index contributed by atoms with van der Waals surface area (Å²) in [6.45, 7) is 1.33. The number of likely N-dealkylation sites (tertiary alicyclic amines) is 1. The van der Waals surface area contributed by atoms with Crippen LogP contribution in [0.2, 0.25) is 0 Å². The lowest BCUT2D eigenvalue weighted by atomic mass is 10.2. The van der Waals surface area contributed by atoms with Crippen LogP contribution >= 0.6 is 0 Å². The standard InChI is InChI=1S/C21H20F2N4O2/c22-15-9-8-14(13-16(15)23)24-20(28)18-17-7-3-6-12-27(17)19(25-18)21(29)26-10-4-1-2-5-11-26/h3,6-9,12-13H,1-2,4-5,10-11H2,(H,24,28). The Morgan fingerprint density at radius 2 is 1.72 bits per heavy atom. The van der Waals surface area contributed by atoms with Crippen molar-refractivity contribution in [3.8, 4) is 0 Å². The first-order chi connectivity index (χ1) is 14.0. The van der Waals surface area contributed by atoms with Crippen LogP contribution in [0, 0.1) is 11.6 Å². The molecule has 3 heterocycles. The van der Waals surface area contributed by atoms with Crippen molar-refractivity contribution in [2.45, 2.75) is 25.7 Å². The van der Waals surface area contributed by atoms with Gasteiger partial charge in [0.05, 0.1) is 5.52 Å². The Kier molecular flexibility index (Phi) is 5.24. The van der Waals surface area contributed by atoms with Crippen LogP contribution in [0.15, 0.2) is 42.6 Å². The number of amides is 2. The summed E-state index contributed by atoms with van der Waals surface area (Å²) in [6, 6.07) is 8.28. The maximum Gasteiger partial charge on any atom is 0.290 e. The molecule has 3 aromatic rings. The molecule has 29 heavy (non-hydrogen) atoms. The monoisotopic (exact) mass is 398 g/mol. The number of hydrogen-bond acceptors (Lipinski definition) is 3. The van der Waals surface area contributed by atoms with Gasteiger partial charge in [0.1, 0.15) is 0 Å². The van der Waals surface area contributed by atoms with Crippen LogP contribution in [-0.2, 0) is 0 Å². The van der Waals surface area contributed by atoms with Gasteiger partial charge in [0.2, 0.25) is 5.82 Å². The van der Waals surface area contributed by atoms with Gasteiger partial charge in [-0.2, -0.15) is 0 Å². The van der Waals surface area contributed by atoms with Crippen LogP contribution in [0.3, 0.4) is 0 Å². The number of anilines is 1. The van der Waals surface area contributed by atoms with Crippen molar-refractivity contribution in [3.05, 3.63) is 65.7 Å². The highest BCUT2D eigenvalue weighted by Gasteiger charge is 2.25. The van der Waals surface area contributed by atoms with E-state index in [2.05, 4.69) is 10.3 Å². The zero-order chi connectivity index (χ0) is 20.4. The van der Waals surface area contributed by atoms with Crippen molar-refractivity contribution in [3.63, 3.8) is 0 Å². The van der Waals surface area contributed by atoms with E-state index in [-0.39, 0.29) is 23.1 Å². The lowest BCUT2D eigenvalue weighted by Crippen LogP contribution is -2.33. The zero-order valence-electron chi connectivity index (χ0n) is 15.7. The number of rotatable bonds is 3. The van der Waals surface area contributed by atoms with E-state index in [1.807, 2.05) is 0 Å². The van der Waals surface area contributed by atoms with E-state index in [9.17, 15) is 18.4 Å². The van der Waals surface area contributed by atoms with Crippen LogP contribution < -0.4 is 5.32 Å². The number of pyridine rings is 1. The van der Waals surface area contributed by atoms with Crippen LogP contribution in [0.25, 0.3) is 5.52 Å². The highest BCUT2D eigenvalue weighted by molar-refractivity contribution is 6.08. The Bertz CT molecular complexity index is 1070. The van der Waals surface area contributed by atoms with Crippen molar-refractivity contribution in [2.75, 3.05) is 18.4 Å². The van der Waals surface area contributed by atoms with Crippen LogP contribution in [0.5, 0.6) is 0 Å². The van der Waals surface area contributed by atoms with Gasteiger partial charge >= 0.3 is 0 Å². The third kappa shape index (κ3) is 3.83. The molecule has 4 rings (SSSR count). The van der Waals surface area contributed by atoms with E-state index in [0.717, 1.165) is 37.8 Å². The smallest absolute Gasteiger partial charge is 0.290 e. The third-order valence-electron chi connectivity index (χ3n) is 5.03. The van der Waals surface area contributed by atoms with Gasteiger partial charge in [-0.3, -0.25) is 14.0 Å². The fourth-order valence-corrected chi connectivity index (χ4v) is 3.54. The summed E-state index contributed by atoms with van der Waals surface area (Å²) in [5.41, 5.74) is 0.616. The fraction of sp³-hybridized carbons (Fsp3) is 0.286. The van der Waals surface area contributed by atoms with Crippen LogP contribution in [0.4, 0.5) is 14.5 Å². The minimum Gasteiger partial charge on any atom is -0.336 e. The van der Waals surface area contributed by atoms with Crippen molar-refractivity contribution < 1.29 is 18.4 Å². The molecule has 0 aliphatic carbocycles. The zero-order valence-corrected chi connectivity index (χ0v) is 15.7. The second-order valence-electron chi connectivity index (χ2n) is 7.03. The summed E-state index contributed by atoms with van der Waals surface area (Å²) in [4.78, 5) is 31.9. The maximum atomic E-state index is 13.4. The number of carbonyl (C=O) groups excluding carboxylic acids is 2. The second-order valence-corrected chi connectivity index (χ2v) is 7.03. The molecule has 1 aromatic carbocycles. The molecule has 1 N–H and O–H groups in total. The lowest BCUT2D eigenvalue weighted by Gasteiger charge is -2.19. The molecule has 8 heteroatoms. The van der Waals surface area contributed by atoms with Gasteiger partial charge in [0.15, 0.2) is 17.3 Å². The van der Waals surface area contributed by atoms with Crippen molar-refractivity contribution in [1.82, 2.24) is 14.3 Å². The van der Waals surface area contributed by atoms with Gasteiger partial charge in [0.25, 0.3) is 11.8 Å². The Morgan fingerprint density at radius 1 is 0.966 bits per heavy atom. The first-order valence-electron chi connectivity index (χ1n) is 9.57. The number of carbonyl (C=O) groups is 2. The molecule has 1 aliphatic heterocycles. The SMILES string of the molecule is O=C(Nc1ccc(F)c(F)c1)c1nc(C(=O)N2CCCCCC2)n2ccccc12. The van der Waals surface area contributed by atoms with E-state index in [1.165, 1.54) is 6.07 Å². The van der Waals surface area contributed by atoms with E-state index < -0.39 is 17.5 Å². The molecule has 6 nitrogen and oxygen atoms in total. The van der Waals surface area contributed by atoms with Crippen LogP contribution in [0.1, 0.15) is 46.8 Å². The van der Waals surface area contributed by atoms with Crippen LogP contribution in [-0.4, -0.2) is 39.2 Å². The Labute approximate surface area is 166 Å². The van der Waals surface area contributed by atoms with E-state index >= 15 is 0 Å². The van der Waals surface area contributed by atoms with Gasteiger partial charge in [0, 0.05) is 31.0 Å². The molecule has 1 saturated heterocycles. The number of aromatic nitrogens is 2. The number of benzene rings is 1. The quantitative estimate of drug-likeness (QED) is 0.728. The summed E-state index contributed by atoms with van der Waals surface area (Å²) in [7, 11) is 0. The molecule has 2 aromatic heterocycles. The molecule has 0 bridgehead atoms. The first kappa shape index (κ1) is 19.0. The Balaban J connectivity index is 1.67. The van der Waals surface area contributed by atoms with Gasteiger partial charge in [-0.05, 0) is 37.1 Å². The predicted octanol–water partition coefficient (Wildman–Crippen LogP) is 3.88. The normalized spacial score (nSPS) is 14.6. The predicted molar refractivity (Wildman–Crippen MR) is 104 cm³/mol. The largest absolute Gasteiger partial charge is 0.336 e. The molecule has 0 saturated carbocycles. The Morgan fingerprint density at radius 3 is 2.45 bits per heavy atom. The molecular weight excluding hydrogens is 378 g/mol. The number of nitrogens with one attached hydrogen (secondary N) is 1. The topological polar surface area (TPSA) is 66.7 Å². The average Bonchev–Trinajstić information content (AvgIpc) is 2.90. The van der Waals surface area contributed by atoms with E-state index in [4.69, 9.17) is 0 Å². The van der Waals surface area contributed by atoms with E-state index in [0.29, 0.717) is 18.6 Å². The molecule has 2 amide bonds. The number of hydrogen-bond donors (Lipinski definition) is 1. The van der Waals surface area contributed by atoms with Gasteiger partial charge in [-0.15, -0.1) is 0 Å². The summed E-state index contributed by atoms with van der Waals surface area (Å²) < 4.78 is 28.1. The molecule has 1 fully saturated rings. The molecule has 0 atom stereocenters. The number of imidazole rings is 1. The van der Waals surface area contributed by atoms with E-state index in [1.54, 1.807) is 33.7 Å². The summed E-state index contributed by atoms with van der Waals surface area (Å²) in [6.07, 6.45) is 5.75.